The van der Waals surface area contributed by atoms with Gasteiger partial charge in [-0.3, -0.25) is 9.80 Å². The van der Waals surface area contributed by atoms with E-state index in [1.807, 2.05) is 18.3 Å². The summed E-state index contributed by atoms with van der Waals surface area (Å²) in [5.74, 6) is 0.411. The topological polar surface area (TPSA) is 35.2 Å². The van der Waals surface area contributed by atoms with E-state index in [0.717, 1.165) is 39.1 Å². The molecule has 24 heavy (non-hydrogen) atoms. The van der Waals surface area contributed by atoms with Crippen LogP contribution in [0.2, 0.25) is 0 Å². The van der Waals surface area contributed by atoms with Crippen molar-refractivity contribution in [1.82, 2.24) is 19.8 Å². The molecule has 1 N–H and O–H groups in total. The maximum atomic E-state index is 13.1. The van der Waals surface area contributed by atoms with E-state index >= 15 is 0 Å². The van der Waals surface area contributed by atoms with Gasteiger partial charge in [0.25, 0.3) is 0 Å². The Morgan fingerprint density at radius 1 is 1.21 bits per heavy atom. The van der Waals surface area contributed by atoms with Crippen molar-refractivity contribution in [3.05, 3.63) is 53.9 Å². The zero-order chi connectivity index (χ0) is 16.9. The van der Waals surface area contributed by atoms with E-state index < -0.39 is 0 Å². The van der Waals surface area contributed by atoms with Crippen LogP contribution < -0.4 is 0 Å². The fourth-order valence-electron chi connectivity index (χ4n) is 3.54. The lowest BCUT2D eigenvalue weighted by molar-refractivity contribution is 0.130. The van der Waals surface area contributed by atoms with Gasteiger partial charge in [0.1, 0.15) is 5.82 Å². The molecule has 1 aromatic carbocycles. The molecule has 1 saturated heterocycles. The number of nitrogens with one attached hydrogen (secondary N) is 1. The van der Waals surface area contributed by atoms with Crippen LogP contribution in [0.5, 0.6) is 0 Å². The molecule has 5 heteroatoms. The van der Waals surface area contributed by atoms with Crippen molar-refractivity contribution >= 4 is 0 Å². The van der Waals surface area contributed by atoms with Crippen molar-refractivity contribution in [3.8, 4) is 0 Å². The van der Waals surface area contributed by atoms with Gasteiger partial charge in [-0.1, -0.05) is 26.0 Å². The van der Waals surface area contributed by atoms with Crippen LogP contribution in [0, 0.1) is 11.7 Å². The lowest BCUT2D eigenvalue weighted by atomic mass is 10.0. The van der Waals surface area contributed by atoms with Crippen LogP contribution >= 0.6 is 0 Å². The molecule has 4 nitrogen and oxygen atoms in total. The Balaban J connectivity index is 1.68. The fourth-order valence-corrected chi connectivity index (χ4v) is 3.54. The second kappa shape index (κ2) is 7.90. The van der Waals surface area contributed by atoms with Crippen molar-refractivity contribution in [1.29, 1.82) is 0 Å². The van der Waals surface area contributed by atoms with Crippen LogP contribution in [-0.2, 0) is 13.1 Å². The molecule has 1 aromatic heterocycles. The molecule has 130 valence electrons. The fraction of sp³-hybridized carbons (Fsp3) is 0.526. The highest BCUT2D eigenvalue weighted by Gasteiger charge is 2.27. The molecule has 0 aliphatic carbocycles. The van der Waals surface area contributed by atoms with E-state index in [9.17, 15) is 4.39 Å². The van der Waals surface area contributed by atoms with Crippen LogP contribution in [0.3, 0.4) is 0 Å². The van der Waals surface area contributed by atoms with Crippen molar-refractivity contribution < 1.29 is 4.39 Å². The molecule has 0 bridgehead atoms. The third-order valence-electron chi connectivity index (χ3n) is 4.85. The Kier molecular flexibility index (Phi) is 5.63. The molecular weight excluding hydrogens is 303 g/mol. The van der Waals surface area contributed by atoms with Crippen molar-refractivity contribution in [2.24, 2.45) is 5.92 Å². The quantitative estimate of drug-likeness (QED) is 0.914. The van der Waals surface area contributed by atoms with Crippen LogP contribution in [0.25, 0.3) is 0 Å². The SMILES string of the molecule is CC(C)C1CN(Cc2cnc[nH]2)CCCN1Cc1ccc(F)cc1. The maximum Gasteiger partial charge on any atom is 0.123 e. The van der Waals surface area contributed by atoms with Crippen LogP contribution in [-0.4, -0.2) is 45.4 Å². The molecule has 1 aliphatic rings. The van der Waals surface area contributed by atoms with Gasteiger partial charge in [-0.15, -0.1) is 0 Å². The van der Waals surface area contributed by atoms with Crippen LogP contribution in [0.1, 0.15) is 31.5 Å². The summed E-state index contributed by atoms with van der Waals surface area (Å²) in [6.07, 6.45) is 4.80. The number of rotatable bonds is 5. The molecule has 3 rings (SSSR count). The standard InChI is InChI=1S/C19H27FN4/c1-15(2)19-13-23(12-18-10-21-14-22-18)8-3-9-24(19)11-16-4-6-17(20)7-5-16/h4-7,10,14-15,19H,3,8-9,11-13H2,1-2H3,(H,21,22). The minimum atomic E-state index is -0.166. The first kappa shape index (κ1) is 17.1. The van der Waals surface area contributed by atoms with E-state index in [1.165, 1.54) is 11.3 Å². The summed E-state index contributed by atoms with van der Waals surface area (Å²) in [6.45, 7) is 9.64. The minimum Gasteiger partial charge on any atom is -0.347 e. The second-order valence-electron chi connectivity index (χ2n) is 7.07. The lowest BCUT2D eigenvalue weighted by Gasteiger charge is -2.34. The van der Waals surface area contributed by atoms with Gasteiger partial charge in [-0.05, 0) is 36.6 Å². The summed E-state index contributed by atoms with van der Waals surface area (Å²) < 4.78 is 13.1. The molecule has 1 atom stereocenters. The van der Waals surface area contributed by atoms with Gasteiger partial charge in [-0.2, -0.15) is 0 Å². The number of imidazole rings is 1. The van der Waals surface area contributed by atoms with Crippen molar-refractivity contribution in [3.63, 3.8) is 0 Å². The third-order valence-corrected chi connectivity index (χ3v) is 4.85. The van der Waals surface area contributed by atoms with E-state index in [-0.39, 0.29) is 5.82 Å². The molecule has 2 aromatic rings. The monoisotopic (exact) mass is 330 g/mol. The summed E-state index contributed by atoms with van der Waals surface area (Å²) in [5.41, 5.74) is 2.36. The first-order valence-electron chi connectivity index (χ1n) is 8.80. The van der Waals surface area contributed by atoms with E-state index in [2.05, 4.69) is 33.6 Å². The highest BCUT2D eigenvalue weighted by molar-refractivity contribution is 5.16. The van der Waals surface area contributed by atoms with Crippen LogP contribution in [0.15, 0.2) is 36.8 Å². The molecule has 0 radical (unpaired) electrons. The lowest BCUT2D eigenvalue weighted by Crippen LogP contribution is -2.43. The predicted octanol–water partition coefficient (Wildman–Crippen LogP) is 3.28. The Hall–Kier alpha value is -1.72. The minimum absolute atomic E-state index is 0.166. The highest BCUT2D eigenvalue weighted by atomic mass is 19.1. The van der Waals surface area contributed by atoms with E-state index in [4.69, 9.17) is 0 Å². The van der Waals surface area contributed by atoms with Crippen molar-refractivity contribution in [2.75, 3.05) is 19.6 Å². The van der Waals surface area contributed by atoms with Gasteiger partial charge in [0.15, 0.2) is 0 Å². The van der Waals surface area contributed by atoms with Gasteiger partial charge in [-0.25, -0.2) is 9.37 Å². The average molecular weight is 330 g/mol. The number of H-pyrrole nitrogens is 1. The second-order valence-corrected chi connectivity index (χ2v) is 7.07. The smallest absolute Gasteiger partial charge is 0.123 e. The zero-order valence-corrected chi connectivity index (χ0v) is 14.6. The summed E-state index contributed by atoms with van der Waals surface area (Å²) >= 11 is 0. The van der Waals surface area contributed by atoms with E-state index in [1.54, 1.807) is 18.5 Å². The molecule has 1 aliphatic heterocycles. The number of hydrogen-bond donors (Lipinski definition) is 1. The van der Waals surface area contributed by atoms with Crippen LogP contribution in [0.4, 0.5) is 4.39 Å². The number of hydrogen-bond acceptors (Lipinski definition) is 3. The molecule has 0 spiro atoms. The summed E-state index contributed by atoms with van der Waals surface area (Å²) in [6, 6.07) is 7.42. The van der Waals surface area contributed by atoms with Gasteiger partial charge >= 0.3 is 0 Å². The van der Waals surface area contributed by atoms with E-state index in [0.29, 0.717) is 12.0 Å². The predicted molar refractivity (Wildman–Crippen MR) is 93.9 cm³/mol. The third kappa shape index (κ3) is 4.42. The van der Waals surface area contributed by atoms with Gasteiger partial charge in [0.05, 0.1) is 6.33 Å². The number of halogens is 1. The Morgan fingerprint density at radius 2 is 2.00 bits per heavy atom. The number of aromatic nitrogens is 2. The number of aromatic amines is 1. The maximum absolute atomic E-state index is 13.1. The first-order valence-corrected chi connectivity index (χ1v) is 8.80. The molecule has 0 saturated carbocycles. The Labute approximate surface area is 143 Å². The highest BCUT2D eigenvalue weighted by Crippen LogP contribution is 2.21. The molecule has 1 fully saturated rings. The summed E-state index contributed by atoms with van der Waals surface area (Å²) in [4.78, 5) is 12.4. The number of nitrogens with zero attached hydrogens (tertiary/aromatic N) is 3. The largest absolute Gasteiger partial charge is 0.347 e. The van der Waals surface area contributed by atoms with Gasteiger partial charge < -0.3 is 4.98 Å². The molecule has 1 unspecified atom stereocenters. The van der Waals surface area contributed by atoms with Gasteiger partial charge in [0.2, 0.25) is 0 Å². The number of benzene rings is 1. The Bertz CT molecular complexity index is 609. The summed E-state index contributed by atoms with van der Waals surface area (Å²) in [5, 5.41) is 0. The average Bonchev–Trinajstić information content (AvgIpc) is 2.98. The van der Waals surface area contributed by atoms with Crippen molar-refractivity contribution in [2.45, 2.75) is 39.4 Å². The molecular formula is C19H27FN4. The normalized spacial score (nSPS) is 20.4. The zero-order valence-electron chi connectivity index (χ0n) is 14.6. The molecule has 2 heterocycles. The van der Waals surface area contributed by atoms with Gasteiger partial charge in [0, 0.05) is 44.1 Å². The Morgan fingerprint density at radius 3 is 2.67 bits per heavy atom. The first-order chi connectivity index (χ1) is 11.6. The molecule has 0 amide bonds. The summed E-state index contributed by atoms with van der Waals surface area (Å²) in [7, 11) is 0.